The summed E-state index contributed by atoms with van der Waals surface area (Å²) < 4.78 is 2.35. The van der Waals surface area contributed by atoms with Gasteiger partial charge in [-0.25, -0.2) is 4.31 Å². The molecular formula is C29H38N4OS. The van der Waals surface area contributed by atoms with E-state index in [9.17, 15) is 4.79 Å². The second kappa shape index (κ2) is 11.9. The first-order valence-electron chi connectivity index (χ1n) is 12.8. The molecule has 35 heavy (non-hydrogen) atoms. The van der Waals surface area contributed by atoms with Crippen molar-refractivity contribution in [3.63, 3.8) is 0 Å². The van der Waals surface area contributed by atoms with Crippen molar-refractivity contribution in [3.8, 4) is 0 Å². The molecule has 2 aromatic rings. The van der Waals surface area contributed by atoms with Gasteiger partial charge in [0.1, 0.15) is 11.4 Å². The number of benzene rings is 2. The molecule has 0 bridgehead atoms. The average molecular weight is 491 g/mol. The van der Waals surface area contributed by atoms with Crippen LogP contribution in [0.25, 0.3) is 6.08 Å². The Kier molecular flexibility index (Phi) is 8.69. The molecule has 0 atom stereocenters. The molecule has 6 heteroatoms. The first-order chi connectivity index (χ1) is 17.0. The summed E-state index contributed by atoms with van der Waals surface area (Å²) in [5.41, 5.74) is 5.82. The lowest BCUT2D eigenvalue weighted by atomic mass is 9.89. The summed E-state index contributed by atoms with van der Waals surface area (Å²) in [4.78, 5) is 17.7. The third-order valence-electron chi connectivity index (χ3n) is 7.13. The maximum Gasteiger partial charge on any atom is 0.253 e. The molecule has 1 fully saturated rings. The number of piperidine rings is 1. The highest BCUT2D eigenvalue weighted by Gasteiger charge is 2.45. The van der Waals surface area contributed by atoms with Gasteiger partial charge in [0, 0.05) is 32.2 Å². The number of amidine groups is 1. The Morgan fingerprint density at radius 1 is 1.06 bits per heavy atom. The first-order valence-corrected chi connectivity index (χ1v) is 13.6. The predicted molar refractivity (Wildman–Crippen MR) is 150 cm³/mol. The van der Waals surface area contributed by atoms with Crippen LogP contribution < -0.4 is 10.6 Å². The Morgan fingerprint density at radius 2 is 1.74 bits per heavy atom. The normalized spacial score (nSPS) is 17.7. The van der Waals surface area contributed by atoms with Crippen LogP contribution in [0.1, 0.15) is 60.8 Å². The van der Waals surface area contributed by atoms with E-state index in [1.165, 1.54) is 28.7 Å². The highest BCUT2D eigenvalue weighted by molar-refractivity contribution is 8.00. The smallest absolute Gasteiger partial charge is 0.253 e. The standard InChI is InChI=1S/C29H38N4OS/c1-22-20-25(30-3)21-23(2)26(22)14-19-35-33-17-15-29(16-18-33)28(34)31-27(32-29)13-9-5-8-12-24-10-6-4-7-11-24/h4,6-7,10-11,14,19-21,30H,5,8-9,12-13,15-18H2,1-3H3,(H,31,32,34)/b19-14+. The number of carbonyl (C=O) groups excluding carboxylic acids is 1. The molecule has 1 saturated heterocycles. The van der Waals surface area contributed by atoms with Gasteiger partial charge >= 0.3 is 0 Å². The van der Waals surface area contributed by atoms with Crippen molar-refractivity contribution in [2.24, 2.45) is 4.99 Å². The van der Waals surface area contributed by atoms with Crippen molar-refractivity contribution in [1.29, 1.82) is 0 Å². The van der Waals surface area contributed by atoms with Crippen LogP contribution in [-0.4, -0.2) is 41.7 Å². The third-order valence-corrected chi connectivity index (χ3v) is 8.05. The van der Waals surface area contributed by atoms with Gasteiger partial charge in [-0.3, -0.25) is 9.79 Å². The molecule has 4 rings (SSSR count). The van der Waals surface area contributed by atoms with Gasteiger partial charge in [0.05, 0.1) is 0 Å². The molecule has 2 aliphatic rings. The van der Waals surface area contributed by atoms with Gasteiger partial charge in [-0.05, 0) is 91.8 Å². The van der Waals surface area contributed by atoms with Crippen LogP contribution >= 0.6 is 11.9 Å². The fourth-order valence-electron chi connectivity index (χ4n) is 5.01. The van der Waals surface area contributed by atoms with Crippen LogP contribution in [0.15, 0.2) is 52.9 Å². The summed E-state index contributed by atoms with van der Waals surface area (Å²) in [5.74, 6) is 1.000. The molecule has 2 heterocycles. The summed E-state index contributed by atoms with van der Waals surface area (Å²) in [6.07, 6.45) is 9.16. The van der Waals surface area contributed by atoms with Crippen molar-refractivity contribution >= 4 is 35.5 Å². The van der Waals surface area contributed by atoms with Crippen molar-refractivity contribution in [1.82, 2.24) is 9.62 Å². The van der Waals surface area contributed by atoms with E-state index in [0.29, 0.717) is 0 Å². The van der Waals surface area contributed by atoms with Gasteiger partial charge < -0.3 is 10.6 Å². The molecule has 2 aromatic carbocycles. The number of aryl methyl sites for hydroxylation is 3. The summed E-state index contributed by atoms with van der Waals surface area (Å²) in [5, 5.41) is 8.48. The third kappa shape index (κ3) is 6.56. The highest BCUT2D eigenvalue weighted by atomic mass is 32.2. The number of hydrogen-bond acceptors (Lipinski definition) is 5. The van der Waals surface area contributed by atoms with E-state index < -0.39 is 5.54 Å². The fourth-order valence-corrected chi connectivity index (χ4v) is 5.78. The Bertz CT molecular complexity index is 1050. The van der Waals surface area contributed by atoms with Gasteiger partial charge in [-0.1, -0.05) is 48.7 Å². The number of unbranched alkanes of at least 4 members (excludes halogenated alkanes) is 2. The minimum Gasteiger partial charge on any atom is -0.388 e. The number of aliphatic imine (C=N–C) groups is 1. The minimum absolute atomic E-state index is 0.104. The molecule has 2 N–H and O–H groups in total. The molecule has 0 aliphatic carbocycles. The number of nitrogens with zero attached hydrogens (tertiary/aromatic N) is 2. The van der Waals surface area contributed by atoms with Gasteiger partial charge in [-0.2, -0.15) is 0 Å². The zero-order valence-electron chi connectivity index (χ0n) is 21.3. The number of amides is 1. The number of hydrogen-bond donors (Lipinski definition) is 2. The van der Waals surface area contributed by atoms with E-state index in [4.69, 9.17) is 4.99 Å². The summed E-state index contributed by atoms with van der Waals surface area (Å²) >= 11 is 1.74. The molecule has 0 unspecified atom stereocenters. The van der Waals surface area contributed by atoms with Crippen molar-refractivity contribution in [3.05, 3.63) is 70.1 Å². The Labute approximate surface area is 214 Å². The summed E-state index contributed by atoms with van der Waals surface area (Å²) in [6, 6.07) is 15.0. The molecule has 2 aliphatic heterocycles. The first kappa shape index (κ1) is 25.5. The Balaban J connectivity index is 1.22. The maximum atomic E-state index is 12.8. The lowest BCUT2D eigenvalue weighted by molar-refractivity contribution is -0.124. The van der Waals surface area contributed by atoms with Crippen LogP contribution in [0.4, 0.5) is 5.69 Å². The zero-order valence-corrected chi connectivity index (χ0v) is 22.1. The van der Waals surface area contributed by atoms with Crippen LogP contribution in [0.5, 0.6) is 0 Å². The maximum absolute atomic E-state index is 12.8. The average Bonchev–Trinajstić information content (AvgIpc) is 3.16. The molecule has 0 radical (unpaired) electrons. The van der Waals surface area contributed by atoms with E-state index in [2.05, 4.69) is 82.7 Å². The molecule has 186 valence electrons. The highest BCUT2D eigenvalue weighted by Crippen LogP contribution is 2.33. The van der Waals surface area contributed by atoms with Crippen molar-refractivity contribution < 1.29 is 4.79 Å². The van der Waals surface area contributed by atoms with Gasteiger partial charge in [0.25, 0.3) is 5.91 Å². The zero-order chi connectivity index (χ0) is 24.7. The largest absolute Gasteiger partial charge is 0.388 e. The van der Waals surface area contributed by atoms with Gasteiger partial charge in [-0.15, -0.1) is 0 Å². The van der Waals surface area contributed by atoms with Crippen molar-refractivity contribution in [2.75, 3.05) is 25.5 Å². The summed E-state index contributed by atoms with van der Waals surface area (Å²) in [6.45, 7) is 6.04. The van der Waals surface area contributed by atoms with Crippen LogP contribution in [0.3, 0.4) is 0 Å². The second-order valence-electron chi connectivity index (χ2n) is 9.70. The Morgan fingerprint density at radius 3 is 2.43 bits per heavy atom. The molecule has 0 aromatic heterocycles. The monoisotopic (exact) mass is 490 g/mol. The topological polar surface area (TPSA) is 56.7 Å². The van der Waals surface area contributed by atoms with E-state index in [0.717, 1.165) is 63.1 Å². The molecule has 1 spiro atoms. The quantitative estimate of drug-likeness (QED) is 0.311. The van der Waals surface area contributed by atoms with E-state index in [1.54, 1.807) is 11.9 Å². The van der Waals surface area contributed by atoms with Crippen LogP contribution in [0, 0.1) is 13.8 Å². The SMILES string of the molecule is CNc1cc(C)c(/C=C/SN2CCC3(CC2)N=C(CCCCCc2ccccc2)NC3=O)c(C)c1. The number of rotatable bonds is 10. The Hall–Kier alpha value is -2.57. The minimum atomic E-state index is -0.545. The van der Waals surface area contributed by atoms with Crippen molar-refractivity contribution in [2.45, 2.75) is 64.3 Å². The van der Waals surface area contributed by atoms with Crippen LogP contribution in [-0.2, 0) is 11.2 Å². The number of anilines is 1. The summed E-state index contributed by atoms with van der Waals surface area (Å²) in [7, 11) is 1.95. The predicted octanol–water partition coefficient (Wildman–Crippen LogP) is 6.13. The lowest BCUT2D eigenvalue weighted by Gasteiger charge is -2.34. The van der Waals surface area contributed by atoms with Gasteiger partial charge in [0.15, 0.2) is 0 Å². The van der Waals surface area contributed by atoms with E-state index >= 15 is 0 Å². The number of nitrogens with one attached hydrogen (secondary N) is 2. The molecular weight excluding hydrogens is 452 g/mol. The van der Waals surface area contributed by atoms with E-state index in [-0.39, 0.29) is 5.91 Å². The van der Waals surface area contributed by atoms with Crippen LogP contribution in [0.2, 0.25) is 0 Å². The lowest BCUT2D eigenvalue weighted by Crippen LogP contribution is -2.47. The fraction of sp³-hybridized carbons (Fsp3) is 0.448. The molecule has 1 amide bonds. The van der Waals surface area contributed by atoms with Gasteiger partial charge in [0.2, 0.25) is 0 Å². The molecule has 0 saturated carbocycles. The second-order valence-corrected chi connectivity index (χ2v) is 10.7. The van der Waals surface area contributed by atoms with E-state index in [1.807, 2.05) is 7.05 Å². The molecule has 5 nitrogen and oxygen atoms in total. The number of carbonyl (C=O) groups is 1.